The second-order valence-corrected chi connectivity index (χ2v) is 7.92. The van der Waals surface area contributed by atoms with Gasteiger partial charge in [-0.25, -0.2) is 0 Å². The van der Waals surface area contributed by atoms with Crippen molar-refractivity contribution >= 4 is 17.9 Å². The molecule has 1 heterocycles. The lowest BCUT2D eigenvalue weighted by Crippen LogP contribution is -2.30. The van der Waals surface area contributed by atoms with Gasteiger partial charge < -0.3 is 20.3 Å². The smallest absolute Gasteiger partial charge is 0.261 e. The van der Waals surface area contributed by atoms with E-state index in [1.165, 1.54) is 12.1 Å². The summed E-state index contributed by atoms with van der Waals surface area (Å²) < 4.78 is 2.19. The molecule has 31 heavy (non-hydrogen) atoms. The Morgan fingerprint density at radius 3 is 2.55 bits per heavy atom. The van der Waals surface area contributed by atoms with Crippen molar-refractivity contribution in [2.45, 2.75) is 40.7 Å². The monoisotopic (exact) mass is 422 g/mol. The Labute approximate surface area is 183 Å². The van der Waals surface area contributed by atoms with Crippen molar-refractivity contribution in [3.05, 3.63) is 58.4 Å². The number of benzene rings is 1. The van der Waals surface area contributed by atoms with Gasteiger partial charge in [0.25, 0.3) is 11.8 Å². The lowest BCUT2D eigenvalue weighted by Gasteiger charge is -2.12. The maximum atomic E-state index is 12.4. The number of phenols is 1. The number of aromatic hydroxyl groups is 1. The van der Waals surface area contributed by atoms with Crippen molar-refractivity contribution in [3.63, 3.8) is 0 Å². The Morgan fingerprint density at radius 2 is 1.90 bits per heavy atom. The quantitative estimate of drug-likeness (QED) is 0.327. The Bertz CT molecular complexity index is 1010. The number of amides is 2. The highest BCUT2D eigenvalue weighted by molar-refractivity contribution is 6.01. The number of nitrogens with one attached hydrogen (secondary N) is 2. The molecule has 0 saturated heterocycles. The average Bonchev–Trinajstić information content (AvgIpc) is 2.98. The fraction of sp³-hybridized carbons (Fsp3) is 0.375. The van der Waals surface area contributed by atoms with E-state index in [0.717, 1.165) is 23.5 Å². The van der Waals surface area contributed by atoms with E-state index in [1.54, 1.807) is 18.2 Å². The third-order valence-corrected chi connectivity index (χ3v) is 4.86. The number of phenolic OH excluding ortho intramolecular Hbond substituents is 1. The van der Waals surface area contributed by atoms with Crippen LogP contribution in [0.15, 0.2) is 35.9 Å². The zero-order valence-electron chi connectivity index (χ0n) is 18.5. The highest BCUT2D eigenvalue weighted by atomic mass is 16.3. The van der Waals surface area contributed by atoms with Crippen LogP contribution < -0.4 is 10.6 Å². The predicted molar refractivity (Wildman–Crippen MR) is 120 cm³/mol. The van der Waals surface area contributed by atoms with Gasteiger partial charge in [-0.3, -0.25) is 9.59 Å². The molecule has 0 aliphatic carbocycles. The van der Waals surface area contributed by atoms with Crippen molar-refractivity contribution in [2.75, 3.05) is 13.1 Å². The molecule has 0 aliphatic rings. The first-order chi connectivity index (χ1) is 14.7. The summed E-state index contributed by atoms with van der Waals surface area (Å²) in [5.41, 5.74) is 3.41. The molecule has 1 aromatic heterocycles. The van der Waals surface area contributed by atoms with Gasteiger partial charge in [0.15, 0.2) is 0 Å². The zero-order valence-corrected chi connectivity index (χ0v) is 18.5. The van der Waals surface area contributed by atoms with Gasteiger partial charge in [-0.2, -0.15) is 5.26 Å². The Hall–Kier alpha value is -3.53. The molecule has 0 spiro atoms. The molecule has 2 amide bonds. The second kappa shape index (κ2) is 11.0. The van der Waals surface area contributed by atoms with Gasteiger partial charge in [-0.1, -0.05) is 19.9 Å². The predicted octanol–water partition coefficient (Wildman–Crippen LogP) is 3.31. The van der Waals surface area contributed by atoms with Crippen molar-refractivity contribution in [1.82, 2.24) is 15.2 Å². The van der Waals surface area contributed by atoms with Crippen molar-refractivity contribution in [2.24, 2.45) is 5.92 Å². The number of nitriles is 1. The summed E-state index contributed by atoms with van der Waals surface area (Å²) in [7, 11) is 0. The standard InChI is InChI=1S/C24H30N4O3/c1-16(2)15-28-17(3)11-20(18(28)4)12-21(14-25)24(31)27-10-6-9-26-23(30)19-7-5-8-22(29)13-19/h5,7-8,11-13,16,29H,6,9-10,15H2,1-4H3,(H,26,30)(H,27,31)/b21-12-. The maximum absolute atomic E-state index is 12.4. The summed E-state index contributed by atoms with van der Waals surface area (Å²) in [5.74, 6) is -0.207. The van der Waals surface area contributed by atoms with Crippen LogP contribution in [0, 0.1) is 31.1 Å². The van der Waals surface area contributed by atoms with Gasteiger partial charge in [0.05, 0.1) is 0 Å². The lowest BCUT2D eigenvalue weighted by molar-refractivity contribution is -0.117. The summed E-state index contributed by atoms with van der Waals surface area (Å²) in [4.78, 5) is 24.4. The third-order valence-electron chi connectivity index (χ3n) is 4.86. The van der Waals surface area contributed by atoms with E-state index in [4.69, 9.17) is 0 Å². The molecule has 164 valence electrons. The van der Waals surface area contributed by atoms with Gasteiger partial charge in [-0.15, -0.1) is 0 Å². The fourth-order valence-corrected chi connectivity index (χ4v) is 3.26. The number of aryl methyl sites for hydroxylation is 1. The van der Waals surface area contributed by atoms with Crippen molar-refractivity contribution < 1.29 is 14.7 Å². The van der Waals surface area contributed by atoms with Crippen LogP contribution >= 0.6 is 0 Å². The van der Waals surface area contributed by atoms with Crippen LogP contribution in [-0.4, -0.2) is 34.6 Å². The molecule has 7 heteroatoms. The molecule has 0 atom stereocenters. The molecule has 0 saturated carbocycles. The van der Waals surface area contributed by atoms with Crippen molar-refractivity contribution in [1.29, 1.82) is 5.26 Å². The average molecular weight is 423 g/mol. The molecule has 7 nitrogen and oxygen atoms in total. The highest BCUT2D eigenvalue weighted by Gasteiger charge is 2.13. The number of carbonyl (C=O) groups is 2. The van der Waals surface area contributed by atoms with E-state index in [-0.39, 0.29) is 17.2 Å². The molecule has 0 radical (unpaired) electrons. The minimum Gasteiger partial charge on any atom is -0.508 e. The van der Waals surface area contributed by atoms with E-state index in [2.05, 4.69) is 29.0 Å². The SMILES string of the molecule is Cc1cc(/C=C(/C#N)C(=O)NCCCNC(=O)c2cccc(O)c2)c(C)n1CC(C)C. The molecule has 0 bridgehead atoms. The van der Waals surface area contributed by atoms with Gasteiger partial charge in [-0.05, 0) is 62.1 Å². The number of hydrogen-bond donors (Lipinski definition) is 3. The number of aromatic nitrogens is 1. The molecule has 3 N–H and O–H groups in total. The Kier molecular flexibility index (Phi) is 8.44. The summed E-state index contributed by atoms with van der Waals surface area (Å²) in [5, 5.41) is 24.3. The van der Waals surface area contributed by atoms with Crippen LogP contribution in [0.5, 0.6) is 5.75 Å². The zero-order chi connectivity index (χ0) is 23.0. The second-order valence-electron chi connectivity index (χ2n) is 7.92. The number of carbonyl (C=O) groups excluding carboxylic acids is 2. The highest BCUT2D eigenvalue weighted by Crippen LogP contribution is 2.19. The molecule has 0 aliphatic heterocycles. The van der Waals surface area contributed by atoms with Crippen molar-refractivity contribution in [3.8, 4) is 11.8 Å². The van der Waals surface area contributed by atoms with E-state index in [9.17, 15) is 20.0 Å². The molecule has 2 aromatic rings. The summed E-state index contributed by atoms with van der Waals surface area (Å²) in [6.45, 7) is 9.87. The fourth-order valence-electron chi connectivity index (χ4n) is 3.26. The lowest BCUT2D eigenvalue weighted by atomic mass is 10.1. The van der Waals surface area contributed by atoms with E-state index >= 15 is 0 Å². The van der Waals surface area contributed by atoms with Crippen LogP contribution in [-0.2, 0) is 11.3 Å². The summed E-state index contributed by atoms with van der Waals surface area (Å²) in [6.07, 6.45) is 2.13. The number of nitrogens with zero attached hydrogens (tertiary/aromatic N) is 2. The van der Waals surface area contributed by atoms with Crippen LogP contribution in [0.25, 0.3) is 6.08 Å². The summed E-state index contributed by atoms with van der Waals surface area (Å²) >= 11 is 0. The van der Waals surface area contributed by atoms with Gasteiger partial charge in [0, 0.05) is 36.6 Å². The van der Waals surface area contributed by atoms with E-state index < -0.39 is 5.91 Å². The molecular weight excluding hydrogens is 392 g/mol. The largest absolute Gasteiger partial charge is 0.508 e. The minimum absolute atomic E-state index is 0.0284. The molecular formula is C24H30N4O3. The van der Waals surface area contributed by atoms with Crippen LogP contribution in [0.1, 0.15) is 47.6 Å². The number of rotatable bonds is 9. The molecule has 0 unspecified atom stereocenters. The maximum Gasteiger partial charge on any atom is 0.261 e. The first-order valence-electron chi connectivity index (χ1n) is 10.4. The van der Waals surface area contributed by atoms with E-state index in [1.807, 2.05) is 26.0 Å². The normalized spacial score (nSPS) is 11.3. The number of hydrogen-bond acceptors (Lipinski definition) is 4. The topological polar surface area (TPSA) is 107 Å². The first kappa shape index (κ1) is 23.7. The van der Waals surface area contributed by atoms with E-state index in [0.29, 0.717) is 31.0 Å². The van der Waals surface area contributed by atoms with Crippen LogP contribution in [0.3, 0.4) is 0 Å². The Balaban J connectivity index is 1.88. The third kappa shape index (κ3) is 6.75. The minimum atomic E-state index is -0.435. The molecule has 0 fully saturated rings. The summed E-state index contributed by atoms with van der Waals surface area (Å²) in [6, 6.07) is 10.1. The van der Waals surface area contributed by atoms with Crippen LogP contribution in [0.4, 0.5) is 0 Å². The molecule has 1 aromatic carbocycles. The van der Waals surface area contributed by atoms with Gasteiger partial charge in [0.2, 0.25) is 0 Å². The Morgan fingerprint density at radius 1 is 1.19 bits per heavy atom. The van der Waals surface area contributed by atoms with Gasteiger partial charge in [0.1, 0.15) is 17.4 Å². The molecule has 2 rings (SSSR count). The first-order valence-corrected chi connectivity index (χ1v) is 10.4. The van der Waals surface area contributed by atoms with Gasteiger partial charge >= 0.3 is 0 Å². The van der Waals surface area contributed by atoms with Crippen LogP contribution in [0.2, 0.25) is 0 Å².